The predicted molar refractivity (Wildman–Crippen MR) is 51.0 cm³/mol. The highest BCUT2D eigenvalue weighted by atomic mass is 16.3. The third kappa shape index (κ3) is 3.17. The minimum atomic E-state index is 0.241. The first-order valence-electron chi connectivity index (χ1n) is 4.68. The molecule has 0 spiro atoms. The van der Waals surface area contributed by atoms with Crippen molar-refractivity contribution in [2.24, 2.45) is 5.92 Å². The van der Waals surface area contributed by atoms with Crippen molar-refractivity contribution in [3.05, 3.63) is 11.6 Å². The van der Waals surface area contributed by atoms with Crippen LogP contribution in [0.1, 0.15) is 13.3 Å². The van der Waals surface area contributed by atoms with Gasteiger partial charge in [0.1, 0.15) is 0 Å². The summed E-state index contributed by atoms with van der Waals surface area (Å²) in [6.07, 6.45) is 2.84. The monoisotopic (exact) mass is 180 g/mol. The molecule has 0 bridgehead atoms. The molecule has 0 saturated carbocycles. The second-order valence-electron chi connectivity index (χ2n) is 3.64. The van der Waals surface area contributed by atoms with Crippen molar-refractivity contribution in [3.63, 3.8) is 0 Å². The zero-order chi connectivity index (χ0) is 9.68. The van der Waals surface area contributed by atoms with Crippen LogP contribution >= 0.6 is 0 Å². The maximum absolute atomic E-state index is 8.87. The van der Waals surface area contributed by atoms with Gasteiger partial charge in [0.15, 0.2) is 0 Å². The fraction of sp³-hybridized carbons (Fsp3) is 0.700. The zero-order valence-electron chi connectivity index (χ0n) is 8.03. The van der Waals surface area contributed by atoms with Crippen LogP contribution < -0.4 is 0 Å². The molecule has 0 aromatic carbocycles. The third-order valence-electron chi connectivity index (χ3n) is 2.32. The van der Waals surface area contributed by atoms with Gasteiger partial charge in [-0.25, -0.2) is 0 Å². The lowest BCUT2D eigenvalue weighted by Crippen LogP contribution is -2.33. The van der Waals surface area contributed by atoms with Crippen LogP contribution in [0.4, 0.5) is 0 Å². The molecule has 1 rings (SSSR count). The highest BCUT2D eigenvalue weighted by Gasteiger charge is 2.13. The Bertz CT molecular complexity index is 230. The number of nitrogens with zero attached hydrogens (tertiary/aromatic N) is 2. The van der Waals surface area contributed by atoms with E-state index >= 15 is 0 Å². The van der Waals surface area contributed by atoms with Gasteiger partial charge < -0.3 is 5.11 Å². The summed E-state index contributed by atoms with van der Waals surface area (Å²) in [5.74, 6) is 0.331. The Kier molecular flexibility index (Phi) is 3.94. The predicted octanol–water partition coefficient (Wildman–Crippen LogP) is 0.770. The maximum Gasteiger partial charge on any atom is 0.0944 e. The molecule has 0 radical (unpaired) electrons. The summed E-state index contributed by atoms with van der Waals surface area (Å²) in [5, 5.41) is 17.5. The summed E-state index contributed by atoms with van der Waals surface area (Å²) < 4.78 is 0. The van der Waals surface area contributed by atoms with E-state index in [0.29, 0.717) is 5.92 Å². The van der Waals surface area contributed by atoms with E-state index in [4.69, 9.17) is 10.4 Å². The summed E-state index contributed by atoms with van der Waals surface area (Å²) in [6, 6.07) is 2.18. The molecule has 0 aromatic heterocycles. The largest absolute Gasteiger partial charge is 0.396 e. The molecule has 1 atom stereocenters. The molecule has 0 aliphatic carbocycles. The molecular formula is C10H16N2O. The van der Waals surface area contributed by atoms with E-state index in [1.165, 1.54) is 0 Å². The van der Waals surface area contributed by atoms with Crippen molar-refractivity contribution >= 4 is 0 Å². The molecule has 13 heavy (non-hydrogen) atoms. The fourth-order valence-corrected chi connectivity index (χ4v) is 1.48. The highest BCUT2D eigenvalue weighted by Crippen LogP contribution is 2.10. The standard InChI is InChI=1S/C10H16N2O/c1-9(8-13)7-12-4-2-10(6-11)3-5-12/h2,9,13H,3-5,7-8H2,1H3. The summed E-state index contributed by atoms with van der Waals surface area (Å²) in [5.41, 5.74) is 0.896. The zero-order valence-corrected chi connectivity index (χ0v) is 8.03. The second-order valence-corrected chi connectivity index (χ2v) is 3.64. The molecular weight excluding hydrogens is 164 g/mol. The summed E-state index contributed by atoms with van der Waals surface area (Å²) in [4.78, 5) is 2.27. The Morgan fingerprint density at radius 3 is 3.00 bits per heavy atom. The third-order valence-corrected chi connectivity index (χ3v) is 2.32. The van der Waals surface area contributed by atoms with Crippen LogP contribution in [0.15, 0.2) is 11.6 Å². The molecule has 1 aliphatic heterocycles. The number of rotatable bonds is 3. The molecule has 72 valence electrons. The normalized spacial score (nSPS) is 20.5. The van der Waals surface area contributed by atoms with E-state index < -0.39 is 0 Å². The van der Waals surface area contributed by atoms with Crippen molar-refractivity contribution in [1.29, 1.82) is 5.26 Å². The van der Waals surface area contributed by atoms with E-state index in [9.17, 15) is 0 Å². The van der Waals surface area contributed by atoms with E-state index in [0.717, 1.165) is 31.6 Å². The van der Waals surface area contributed by atoms with Crippen LogP contribution in [0.3, 0.4) is 0 Å². The van der Waals surface area contributed by atoms with Gasteiger partial charge in [-0.15, -0.1) is 0 Å². The fourth-order valence-electron chi connectivity index (χ4n) is 1.48. The van der Waals surface area contributed by atoms with Crippen molar-refractivity contribution in [1.82, 2.24) is 4.90 Å². The van der Waals surface area contributed by atoms with Gasteiger partial charge in [0.2, 0.25) is 0 Å². The van der Waals surface area contributed by atoms with Crippen molar-refractivity contribution in [2.45, 2.75) is 13.3 Å². The first-order chi connectivity index (χ1) is 6.26. The number of aliphatic hydroxyl groups excluding tert-OH is 1. The van der Waals surface area contributed by atoms with Crippen LogP contribution in [0.25, 0.3) is 0 Å². The van der Waals surface area contributed by atoms with Crippen LogP contribution in [0.5, 0.6) is 0 Å². The number of aliphatic hydroxyl groups is 1. The summed E-state index contributed by atoms with van der Waals surface area (Å²) >= 11 is 0. The first kappa shape index (κ1) is 10.2. The van der Waals surface area contributed by atoms with Crippen LogP contribution in [-0.2, 0) is 0 Å². The minimum Gasteiger partial charge on any atom is -0.396 e. The Hall–Kier alpha value is -0.850. The van der Waals surface area contributed by atoms with E-state index in [-0.39, 0.29) is 6.61 Å². The van der Waals surface area contributed by atoms with Gasteiger partial charge >= 0.3 is 0 Å². The molecule has 1 N–H and O–H groups in total. The van der Waals surface area contributed by atoms with Crippen molar-refractivity contribution in [3.8, 4) is 6.07 Å². The molecule has 3 heteroatoms. The molecule has 3 nitrogen and oxygen atoms in total. The molecule has 0 aromatic rings. The summed E-state index contributed by atoms with van der Waals surface area (Å²) in [7, 11) is 0. The van der Waals surface area contributed by atoms with E-state index in [2.05, 4.69) is 11.0 Å². The van der Waals surface area contributed by atoms with Gasteiger partial charge in [0, 0.05) is 31.8 Å². The van der Waals surface area contributed by atoms with Gasteiger partial charge in [-0.1, -0.05) is 13.0 Å². The SMILES string of the molecule is CC(CO)CN1CC=C(C#N)CC1. The first-order valence-corrected chi connectivity index (χ1v) is 4.68. The van der Waals surface area contributed by atoms with Gasteiger partial charge in [0.25, 0.3) is 0 Å². The van der Waals surface area contributed by atoms with Gasteiger partial charge in [-0.2, -0.15) is 5.26 Å². The lowest BCUT2D eigenvalue weighted by atomic mass is 10.1. The lowest BCUT2D eigenvalue weighted by Gasteiger charge is -2.26. The number of nitriles is 1. The molecule has 1 aliphatic rings. The van der Waals surface area contributed by atoms with Crippen molar-refractivity contribution < 1.29 is 5.11 Å². The van der Waals surface area contributed by atoms with E-state index in [1.807, 2.05) is 13.0 Å². The minimum absolute atomic E-state index is 0.241. The topological polar surface area (TPSA) is 47.3 Å². The average Bonchev–Trinajstić information content (AvgIpc) is 2.19. The van der Waals surface area contributed by atoms with Crippen LogP contribution in [-0.4, -0.2) is 36.2 Å². The average molecular weight is 180 g/mol. The molecule has 1 unspecified atom stereocenters. The quantitative estimate of drug-likeness (QED) is 0.698. The maximum atomic E-state index is 8.87. The Labute approximate surface area is 79.3 Å². The smallest absolute Gasteiger partial charge is 0.0944 e. The lowest BCUT2D eigenvalue weighted by molar-refractivity contribution is 0.180. The summed E-state index contributed by atoms with van der Waals surface area (Å²) in [6.45, 7) is 5.00. The molecule has 0 fully saturated rings. The van der Waals surface area contributed by atoms with Gasteiger partial charge in [-0.3, -0.25) is 4.90 Å². The second kappa shape index (κ2) is 5.00. The van der Waals surface area contributed by atoms with Crippen LogP contribution in [0, 0.1) is 17.2 Å². The van der Waals surface area contributed by atoms with E-state index in [1.54, 1.807) is 0 Å². The Morgan fingerprint density at radius 2 is 2.54 bits per heavy atom. The number of hydrogen-bond acceptors (Lipinski definition) is 3. The number of hydrogen-bond donors (Lipinski definition) is 1. The highest BCUT2D eigenvalue weighted by molar-refractivity contribution is 5.22. The van der Waals surface area contributed by atoms with Gasteiger partial charge in [0.05, 0.1) is 6.07 Å². The van der Waals surface area contributed by atoms with Gasteiger partial charge in [-0.05, 0) is 12.3 Å². The molecule has 0 amide bonds. The van der Waals surface area contributed by atoms with Crippen molar-refractivity contribution in [2.75, 3.05) is 26.2 Å². The van der Waals surface area contributed by atoms with Crippen LogP contribution in [0.2, 0.25) is 0 Å². The Balaban J connectivity index is 2.34. The molecule has 1 heterocycles. The Morgan fingerprint density at radius 1 is 1.77 bits per heavy atom. The molecule has 0 saturated heterocycles.